The van der Waals surface area contributed by atoms with Crippen LogP contribution in [0.15, 0.2) is 28.2 Å². The lowest BCUT2D eigenvalue weighted by Crippen LogP contribution is -2.51. The Labute approximate surface area is 247 Å². The molecule has 1 aromatic carbocycles. The quantitative estimate of drug-likeness (QED) is 0.285. The lowest BCUT2D eigenvalue weighted by atomic mass is 9.83. The van der Waals surface area contributed by atoms with Gasteiger partial charge in [0.25, 0.3) is 0 Å². The van der Waals surface area contributed by atoms with E-state index in [-0.39, 0.29) is 17.5 Å². The number of aliphatic imine (C=N–C) groups is 2. The maximum absolute atomic E-state index is 11.5. The summed E-state index contributed by atoms with van der Waals surface area (Å²) in [6.45, 7) is 8.12. The van der Waals surface area contributed by atoms with Gasteiger partial charge in [0, 0.05) is 42.9 Å². The molecule has 4 rings (SSSR count). The smallest absolute Gasteiger partial charge is 0.148 e. The first-order valence-electron chi connectivity index (χ1n) is 13.7. The number of phenolic OH excluding ortho intramolecular Hbond substituents is 1. The van der Waals surface area contributed by atoms with Crippen LogP contribution in [-0.2, 0) is 16.0 Å². The van der Waals surface area contributed by atoms with Crippen LogP contribution in [-0.4, -0.2) is 99.1 Å². The van der Waals surface area contributed by atoms with Gasteiger partial charge in [0.1, 0.15) is 22.6 Å². The minimum atomic E-state index is -0.694. The number of aldehydes is 1. The van der Waals surface area contributed by atoms with E-state index < -0.39 is 17.1 Å². The molecule has 0 spiro atoms. The van der Waals surface area contributed by atoms with E-state index >= 15 is 0 Å². The van der Waals surface area contributed by atoms with Crippen LogP contribution in [0.5, 0.6) is 5.75 Å². The molecule has 2 N–H and O–H groups in total. The van der Waals surface area contributed by atoms with E-state index in [1.807, 2.05) is 38.6 Å². The van der Waals surface area contributed by atoms with E-state index in [0.29, 0.717) is 11.5 Å². The first kappa shape index (κ1) is 32.5. The normalized spacial score (nSPS) is 28.1. The van der Waals surface area contributed by atoms with Gasteiger partial charge >= 0.3 is 0 Å². The predicted molar refractivity (Wildman–Crippen MR) is 169 cm³/mol. The highest BCUT2D eigenvalue weighted by atomic mass is 32.2. The van der Waals surface area contributed by atoms with Gasteiger partial charge in [-0.3, -0.25) is 14.9 Å². The van der Waals surface area contributed by atoms with Crippen molar-refractivity contribution in [1.29, 1.82) is 0 Å². The molecule has 0 saturated carbocycles. The molecule has 0 aromatic heterocycles. The Hall–Kier alpha value is -1.04. The van der Waals surface area contributed by atoms with E-state index in [2.05, 4.69) is 34.7 Å². The number of hydrogen-bond acceptors (Lipinski definition) is 10. The molecule has 39 heavy (non-hydrogen) atoms. The number of carbonyl (C=O) groups is 1. The highest BCUT2D eigenvalue weighted by Crippen LogP contribution is 2.44. The molecule has 218 valence electrons. The number of phenols is 1. The van der Waals surface area contributed by atoms with Gasteiger partial charge in [0.15, 0.2) is 0 Å². The number of aryl methyl sites for hydroxylation is 1. The summed E-state index contributed by atoms with van der Waals surface area (Å²) in [7, 11) is 5.34. The third-order valence-corrected chi connectivity index (χ3v) is 11.8. The molecule has 1 fully saturated rings. The fourth-order valence-corrected chi connectivity index (χ4v) is 9.31. The van der Waals surface area contributed by atoms with Crippen molar-refractivity contribution in [2.24, 2.45) is 15.4 Å². The second-order valence-electron chi connectivity index (χ2n) is 11.3. The summed E-state index contributed by atoms with van der Waals surface area (Å²) in [5.74, 6) is 2.63. The number of carbonyl (C=O) groups excluding carboxylic acids is 1. The van der Waals surface area contributed by atoms with Crippen LogP contribution in [0.3, 0.4) is 0 Å². The van der Waals surface area contributed by atoms with Crippen molar-refractivity contribution in [2.75, 3.05) is 38.5 Å². The van der Waals surface area contributed by atoms with Crippen LogP contribution in [0, 0.1) is 5.41 Å². The number of aliphatic hydroxyl groups excluding tert-OH is 1. The number of nitrogens with zero attached hydrogens (tertiary/aromatic N) is 3. The zero-order valence-corrected chi connectivity index (χ0v) is 26.8. The van der Waals surface area contributed by atoms with Crippen LogP contribution in [0.25, 0.3) is 0 Å². The molecule has 0 bridgehead atoms. The molecule has 3 aliphatic rings. The summed E-state index contributed by atoms with van der Waals surface area (Å²) in [5.41, 5.74) is 0.844. The monoisotopic (exact) mass is 595 g/mol. The zero-order valence-electron chi connectivity index (χ0n) is 24.3. The Balaban J connectivity index is 0.00000134. The average molecular weight is 596 g/mol. The van der Waals surface area contributed by atoms with Crippen LogP contribution in [0.4, 0.5) is 0 Å². The summed E-state index contributed by atoms with van der Waals surface area (Å²) in [6, 6.07) is 5.88. The number of ether oxygens (including phenoxy) is 1. The molecule has 1 saturated heterocycles. The molecule has 3 aliphatic heterocycles. The molecule has 5 atom stereocenters. The topological polar surface area (TPSA) is 94.7 Å². The first-order valence-corrected chi connectivity index (χ1v) is 16.7. The number of aromatic hydroxyl groups is 1. The van der Waals surface area contributed by atoms with Gasteiger partial charge in [-0.2, -0.15) is 0 Å². The van der Waals surface area contributed by atoms with Crippen LogP contribution in [0.2, 0.25) is 0 Å². The van der Waals surface area contributed by atoms with Gasteiger partial charge in [-0.25, -0.2) is 0 Å². The Bertz CT molecular complexity index is 1050. The molecule has 10 heteroatoms. The highest BCUT2D eigenvalue weighted by molar-refractivity contribution is 8.15. The van der Waals surface area contributed by atoms with Gasteiger partial charge in [-0.15, -0.1) is 35.3 Å². The minimum absolute atomic E-state index is 0.0274. The molecule has 7 nitrogen and oxygen atoms in total. The van der Waals surface area contributed by atoms with Crippen molar-refractivity contribution in [3.05, 3.63) is 29.3 Å². The SMILES string of the molecule is CCCCCc1cccc(O)c1C1=NC(C2SCC(C(O)C(C)(C)C3=NC(C)(C=O)CS3)N2C)CS1.COC. The van der Waals surface area contributed by atoms with Crippen molar-refractivity contribution < 1.29 is 19.7 Å². The maximum atomic E-state index is 11.5. The first-order chi connectivity index (χ1) is 18.5. The van der Waals surface area contributed by atoms with Gasteiger partial charge in [-0.05, 0) is 38.4 Å². The third kappa shape index (κ3) is 7.43. The van der Waals surface area contributed by atoms with E-state index in [9.17, 15) is 15.0 Å². The van der Waals surface area contributed by atoms with Gasteiger partial charge in [0.2, 0.25) is 0 Å². The summed E-state index contributed by atoms with van der Waals surface area (Å²) >= 11 is 5.17. The Morgan fingerprint density at radius 2 is 1.97 bits per heavy atom. The predicted octanol–water partition coefficient (Wildman–Crippen LogP) is 5.11. The average Bonchev–Trinajstić information content (AvgIpc) is 3.63. The lowest BCUT2D eigenvalue weighted by molar-refractivity contribution is -0.111. The third-order valence-electron chi connectivity index (χ3n) is 7.52. The summed E-state index contributed by atoms with van der Waals surface area (Å²) in [6.07, 6.45) is 4.72. The van der Waals surface area contributed by atoms with Crippen LogP contribution < -0.4 is 0 Å². The van der Waals surface area contributed by atoms with Crippen LogP contribution >= 0.6 is 35.3 Å². The summed E-state index contributed by atoms with van der Waals surface area (Å²) < 4.78 is 4.25. The number of likely N-dealkylation sites (N-methyl/N-ethyl adjacent to an activating group) is 1. The van der Waals surface area contributed by atoms with E-state index in [1.54, 1.807) is 43.8 Å². The maximum Gasteiger partial charge on any atom is 0.148 e. The number of unbranched alkanes of at least 4 members (excludes halogenated alkanes) is 2. The molecule has 1 aromatic rings. The van der Waals surface area contributed by atoms with Crippen molar-refractivity contribution in [2.45, 2.75) is 82.5 Å². The minimum Gasteiger partial charge on any atom is -0.507 e. The van der Waals surface area contributed by atoms with Crippen molar-refractivity contribution in [1.82, 2.24) is 4.90 Å². The van der Waals surface area contributed by atoms with Gasteiger partial charge in [-0.1, -0.05) is 45.7 Å². The fraction of sp³-hybridized carbons (Fsp3) is 0.690. The molecule has 0 amide bonds. The number of aliphatic hydroxyl groups is 1. The number of benzene rings is 1. The van der Waals surface area contributed by atoms with Crippen LogP contribution in [0.1, 0.15) is 58.1 Å². The number of hydrogen-bond donors (Lipinski definition) is 2. The molecule has 0 aliphatic carbocycles. The molecule has 5 unspecified atom stereocenters. The number of methoxy groups -OCH3 is 1. The molecule has 3 heterocycles. The Morgan fingerprint density at radius 3 is 2.62 bits per heavy atom. The largest absolute Gasteiger partial charge is 0.507 e. The Morgan fingerprint density at radius 1 is 1.26 bits per heavy atom. The highest BCUT2D eigenvalue weighted by Gasteiger charge is 2.49. The number of rotatable bonds is 10. The molecule has 0 radical (unpaired) electrons. The van der Waals surface area contributed by atoms with Crippen molar-refractivity contribution >= 4 is 51.7 Å². The van der Waals surface area contributed by atoms with E-state index in [0.717, 1.165) is 46.3 Å². The molecular formula is C29H45N3O4S3. The van der Waals surface area contributed by atoms with Gasteiger partial charge < -0.3 is 19.7 Å². The zero-order chi connectivity index (χ0) is 28.8. The van der Waals surface area contributed by atoms with Crippen molar-refractivity contribution in [3.8, 4) is 5.75 Å². The Kier molecular flexibility index (Phi) is 11.8. The second-order valence-corrected chi connectivity index (χ2v) is 14.4. The lowest BCUT2D eigenvalue weighted by Gasteiger charge is -2.38. The fourth-order valence-electron chi connectivity index (χ4n) is 5.11. The number of thioether (sulfide) groups is 3. The summed E-state index contributed by atoms with van der Waals surface area (Å²) in [4.78, 5) is 23.6. The van der Waals surface area contributed by atoms with Gasteiger partial charge in [0.05, 0.1) is 28.1 Å². The second kappa shape index (κ2) is 14.2. The molecular weight excluding hydrogens is 551 g/mol. The van der Waals surface area contributed by atoms with E-state index in [4.69, 9.17) is 4.99 Å². The summed E-state index contributed by atoms with van der Waals surface area (Å²) in [5, 5.41) is 24.2. The van der Waals surface area contributed by atoms with E-state index in [1.165, 1.54) is 18.4 Å². The standard InChI is InChI=1S/C27H39N3O3S3.C2H6O/c1-6-7-8-10-17-11-9-12-20(32)21(17)23-28-18(13-34-23)24-30(5)19(14-35-24)22(33)26(2,3)25-29-27(4,15-31)16-36-25;1-3-2/h9,11-12,15,18-19,22,24,32-33H,6-8,10,13-14,16H2,1-5H3;1-2H3. The van der Waals surface area contributed by atoms with Crippen molar-refractivity contribution in [3.63, 3.8) is 0 Å².